The molecular formula is C19H14Cl2O2. The van der Waals surface area contributed by atoms with E-state index in [0.29, 0.717) is 15.6 Å². The number of benzene rings is 3. The Hall–Kier alpha value is -2.03. The van der Waals surface area contributed by atoms with Crippen LogP contribution in [0.2, 0.25) is 10.0 Å². The lowest BCUT2D eigenvalue weighted by Gasteiger charge is -2.09. The van der Waals surface area contributed by atoms with Gasteiger partial charge in [0.2, 0.25) is 0 Å². The maximum Gasteiger partial charge on any atom is 0.310 e. The summed E-state index contributed by atoms with van der Waals surface area (Å²) in [4.78, 5) is 12.0. The van der Waals surface area contributed by atoms with Gasteiger partial charge in [0.1, 0.15) is 6.61 Å². The van der Waals surface area contributed by atoms with Crippen LogP contribution in [0.3, 0.4) is 0 Å². The SMILES string of the molecule is O=C(Cc1ccc(Cl)cc1Cl)OCc1cccc2ccccc12. The molecule has 0 aliphatic rings. The van der Waals surface area contributed by atoms with E-state index in [-0.39, 0.29) is 19.0 Å². The fraction of sp³-hybridized carbons (Fsp3) is 0.105. The van der Waals surface area contributed by atoms with Gasteiger partial charge in [-0.1, -0.05) is 71.7 Å². The van der Waals surface area contributed by atoms with Crippen molar-refractivity contribution >= 4 is 39.9 Å². The van der Waals surface area contributed by atoms with Crippen LogP contribution in [0.1, 0.15) is 11.1 Å². The normalized spacial score (nSPS) is 10.7. The van der Waals surface area contributed by atoms with E-state index in [2.05, 4.69) is 0 Å². The molecule has 0 spiro atoms. The summed E-state index contributed by atoms with van der Waals surface area (Å²) in [5.74, 6) is -0.317. The van der Waals surface area contributed by atoms with Crippen molar-refractivity contribution in [2.24, 2.45) is 0 Å². The summed E-state index contributed by atoms with van der Waals surface area (Å²) in [5, 5.41) is 3.23. The minimum absolute atomic E-state index is 0.126. The molecule has 4 heteroatoms. The fourth-order valence-corrected chi connectivity index (χ4v) is 2.92. The third-order valence-electron chi connectivity index (χ3n) is 3.62. The Balaban J connectivity index is 1.69. The number of rotatable bonds is 4. The molecule has 0 heterocycles. The highest BCUT2D eigenvalue weighted by atomic mass is 35.5. The third kappa shape index (κ3) is 3.84. The predicted molar refractivity (Wildman–Crippen MR) is 93.9 cm³/mol. The highest BCUT2D eigenvalue weighted by Crippen LogP contribution is 2.22. The van der Waals surface area contributed by atoms with E-state index in [4.69, 9.17) is 27.9 Å². The molecule has 0 aromatic heterocycles. The highest BCUT2D eigenvalue weighted by Gasteiger charge is 2.10. The van der Waals surface area contributed by atoms with Gasteiger partial charge in [0.25, 0.3) is 0 Å². The van der Waals surface area contributed by atoms with Crippen LogP contribution in [0, 0.1) is 0 Å². The largest absolute Gasteiger partial charge is 0.461 e. The minimum atomic E-state index is -0.317. The molecule has 116 valence electrons. The van der Waals surface area contributed by atoms with Crippen LogP contribution in [0.15, 0.2) is 60.7 Å². The first kappa shape index (κ1) is 15.9. The van der Waals surface area contributed by atoms with Gasteiger partial charge < -0.3 is 4.74 Å². The van der Waals surface area contributed by atoms with Crippen molar-refractivity contribution in [2.45, 2.75) is 13.0 Å². The monoisotopic (exact) mass is 344 g/mol. The number of carbonyl (C=O) groups excluding carboxylic acids is 1. The molecule has 3 rings (SSSR count). The second kappa shape index (κ2) is 7.03. The van der Waals surface area contributed by atoms with Crippen molar-refractivity contribution < 1.29 is 9.53 Å². The molecule has 0 N–H and O–H groups in total. The number of hydrogen-bond donors (Lipinski definition) is 0. The Bertz CT molecular complexity index is 854. The molecule has 0 saturated heterocycles. The molecule has 0 fully saturated rings. The van der Waals surface area contributed by atoms with Crippen LogP contribution in [0.25, 0.3) is 10.8 Å². The number of halogens is 2. The van der Waals surface area contributed by atoms with Crippen LogP contribution in [-0.4, -0.2) is 5.97 Å². The van der Waals surface area contributed by atoms with Gasteiger partial charge in [0.05, 0.1) is 6.42 Å². The average molecular weight is 345 g/mol. The van der Waals surface area contributed by atoms with Crippen LogP contribution in [0.5, 0.6) is 0 Å². The Morgan fingerprint density at radius 1 is 0.913 bits per heavy atom. The smallest absolute Gasteiger partial charge is 0.310 e. The van der Waals surface area contributed by atoms with E-state index in [1.165, 1.54) is 0 Å². The molecule has 0 atom stereocenters. The van der Waals surface area contributed by atoms with Gasteiger partial charge in [-0.25, -0.2) is 0 Å². The van der Waals surface area contributed by atoms with Gasteiger partial charge in [-0.15, -0.1) is 0 Å². The molecule has 0 amide bonds. The zero-order valence-electron chi connectivity index (χ0n) is 12.3. The van der Waals surface area contributed by atoms with E-state index in [1.807, 2.05) is 42.5 Å². The molecule has 2 nitrogen and oxygen atoms in total. The van der Waals surface area contributed by atoms with E-state index in [0.717, 1.165) is 16.3 Å². The third-order valence-corrected chi connectivity index (χ3v) is 4.21. The highest BCUT2D eigenvalue weighted by molar-refractivity contribution is 6.35. The molecule has 0 unspecified atom stereocenters. The second-order valence-corrected chi connectivity index (χ2v) is 6.06. The van der Waals surface area contributed by atoms with Crippen molar-refractivity contribution in [3.63, 3.8) is 0 Å². The molecule has 3 aromatic carbocycles. The standard InChI is InChI=1S/C19H14Cl2O2/c20-16-9-8-14(18(21)11-16)10-19(22)23-12-15-6-3-5-13-4-1-2-7-17(13)15/h1-9,11H,10,12H2. The van der Waals surface area contributed by atoms with Crippen LogP contribution in [-0.2, 0) is 22.6 Å². The number of fused-ring (bicyclic) bond motifs is 1. The van der Waals surface area contributed by atoms with Gasteiger partial charge in [0.15, 0.2) is 0 Å². The van der Waals surface area contributed by atoms with Gasteiger partial charge >= 0.3 is 5.97 Å². The van der Waals surface area contributed by atoms with Crippen molar-refractivity contribution in [3.8, 4) is 0 Å². The topological polar surface area (TPSA) is 26.3 Å². The van der Waals surface area contributed by atoms with E-state index < -0.39 is 0 Å². The number of carbonyl (C=O) groups is 1. The number of esters is 1. The first-order valence-electron chi connectivity index (χ1n) is 7.19. The summed E-state index contributed by atoms with van der Waals surface area (Å²) in [6.45, 7) is 0.241. The summed E-state index contributed by atoms with van der Waals surface area (Å²) in [6, 6.07) is 19.0. The van der Waals surface area contributed by atoms with Crippen molar-refractivity contribution in [1.82, 2.24) is 0 Å². The Morgan fingerprint density at radius 3 is 2.52 bits per heavy atom. The Kier molecular flexibility index (Phi) is 4.85. The van der Waals surface area contributed by atoms with E-state index >= 15 is 0 Å². The van der Waals surface area contributed by atoms with Crippen molar-refractivity contribution in [3.05, 3.63) is 81.8 Å². The summed E-state index contributed by atoms with van der Waals surface area (Å²) < 4.78 is 5.39. The Labute approximate surface area is 144 Å². The molecule has 3 aromatic rings. The fourth-order valence-electron chi connectivity index (χ4n) is 2.45. The molecule has 0 radical (unpaired) electrons. The summed E-state index contributed by atoms with van der Waals surface area (Å²) in [7, 11) is 0. The lowest BCUT2D eigenvalue weighted by molar-refractivity contribution is -0.144. The van der Waals surface area contributed by atoms with Crippen molar-refractivity contribution in [1.29, 1.82) is 0 Å². The zero-order chi connectivity index (χ0) is 16.2. The van der Waals surface area contributed by atoms with Gasteiger partial charge in [-0.2, -0.15) is 0 Å². The molecule has 0 aliphatic carbocycles. The van der Waals surface area contributed by atoms with Crippen LogP contribution in [0.4, 0.5) is 0 Å². The molecule has 23 heavy (non-hydrogen) atoms. The van der Waals surface area contributed by atoms with Gasteiger partial charge in [-0.05, 0) is 34.0 Å². The Morgan fingerprint density at radius 2 is 1.70 bits per heavy atom. The second-order valence-electron chi connectivity index (χ2n) is 5.21. The molecule has 0 bridgehead atoms. The first-order chi connectivity index (χ1) is 11.1. The van der Waals surface area contributed by atoms with E-state index in [1.54, 1.807) is 18.2 Å². The molecule has 0 aliphatic heterocycles. The number of ether oxygens (including phenoxy) is 1. The lowest BCUT2D eigenvalue weighted by atomic mass is 10.1. The maximum absolute atomic E-state index is 12.0. The van der Waals surface area contributed by atoms with E-state index in [9.17, 15) is 4.79 Å². The lowest BCUT2D eigenvalue weighted by Crippen LogP contribution is -2.08. The average Bonchev–Trinajstić information content (AvgIpc) is 2.55. The first-order valence-corrected chi connectivity index (χ1v) is 7.95. The molecular weight excluding hydrogens is 331 g/mol. The summed E-state index contributed by atoms with van der Waals surface area (Å²) in [6.07, 6.45) is 0.126. The quantitative estimate of drug-likeness (QED) is 0.589. The van der Waals surface area contributed by atoms with Gasteiger partial charge in [-0.3, -0.25) is 4.79 Å². The predicted octanol–water partition coefficient (Wildman–Crippen LogP) is 5.43. The summed E-state index contributed by atoms with van der Waals surface area (Å²) >= 11 is 11.9. The van der Waals surface area contributed by atoms with Crippen LogP contribution < -0.4 is 0 Å². The summed E-state index contributed by atoms with van der Waals surface area (Å²) in [5.41, 5.74) is 1.69. The number of hydrogen-bond acceptors (Lipinski definition) is 2. The zero-order valence-corrected chi connectivity index (χ0v) is 13.8. The van der Waals surface area contributed by atoms with Crippen molar-refractivity contribution in [2.75, 3.05) is 0 Å². The van der Waals surface area contributed by atoms with Crippen LogP contribution >= 0.6 is 23.2 Å². The maximum atomic E-state index is 12.0. The van der Waals surface area contributed by atoms with Gasteiger partial charge in [0, 0.05) is 10.0 Å². The minimum Gasteiger partial charge on any atom is -0.461 e. The molecule has 0 saturated carbocycles.